The van der Waals surface area contributed by atoms with Crippen molar-refractivity contribution in [2.75, 3.05) is 13.1 Å². The lowest BCUT2D eigenvalue weighted by atomic mass is 10.2. The van der Waals surface area contributed by atoms with Crippen molar-refractivity contribution in [2.24, 2.45) is 5.10 Å². The summed E-state index contributed by atoms with van der Waals surface area (Å²) in [5.41, 5.74) is 2.64. The monoisotopic (exact) mass is 383 g/mol. The molecule has 0 unspecified atom stereocenters. The fourth-order valence-corrected chi connectivity index (χ4v) is 2.07. The zero-order chi connectivity index (χ0) is 20.4. The van der Waals surface area contributed by atoms with Gasteiger partial charge >= 0.3 is 0 Å². The number of carbonyl (C=O) groups is 3. The van der Waals surface area contributed by atoms with Crippen LogP contribution in [0.1, 0.15) is 15.9 Å². The van der Waals surface area contributed by atoms with E-state index in [9.17, 15) is 24.5 Å². The van der Waals surface area contributed by atoms with Crippen LogP contribution in [0, 0.1) is 10.1 Å². The number of benzene rings is 2. The molecule has 0 aliphatic rings. The first-order valence-electron chi connectivity index (χ1n) is 8.12. The summed E-state index contributed by atoms with van der Waals surface area (Å²) in [7, 11) is 0. The Morgan fingerprint density at radius 2 is 1.57 bits per heavy atom. The highest BCUT2D eigenvalue weighted by Crippen LogP contribution is 2.14. The molecule has 3 amide bonds. The van der Waals surface area contributed by atoms with Crippen molar-refractivity contribution in [3.05, 3.63) is 75.8 Å². The van der Waals surface area contributed by atoms with Gasteiger partial charge in [-0.2, -0.15) is 5.10 Å². The van der Waals surface area contributed by atoms with Gasteiger partial charge in [-0.3, -0.25) is 24.5 Å². The van der Waals surface area contributed by atoms with Crippen molar-refractivity contribution in [1.82, 2.24) is 16.1 Å². The number of amides is 3. The summed E-state index contributed by atoms with van der Waals surface area (Å²) < 4.78 is 0. The van der Waals surface area contributed by atoms with Gasteiger partial charge in [0.05, 0.1) is 29.8 Å². The van der Waals surface area contributed by atoms with Crippen LogP contribution in [-0.2, 0) is 9.59 Å². The van der Waals surface area contributed by atoms with E-state index in [1.807, 2.05) is 0 Å². The summed E-state index contributed by atoms with van der Waals surface area (Å²) in [4.78, 5) is 45.4. The zero-order valence-electron chi connectivity index (χ0n) is 14.6. The van der Waals surface area contributed by atoms with Gasteiger partial charge in [0.1, 0.15) is 0 Å². The van der Waals surface area contributed by atoms with Gasteiger partial charge in [0, 0.05) is 11.6 Å². The summed E-state index contributed by atoms with van der Waals surface area (Å²) in [5.74, 6) is -1.59. The van der Waals surface area contributed by atoms with E-state index in [0.29, 0.717) is 5.56 Å². The minimum absolute atomic E-state index is 0.150. The fraction of sp³-hybridized carbons (Fsp3) is 0.111. The van der Waals surface area contributed by atoms with Crippen molar-refractivity contribution >= 4 is 29.6 Å². The third kappa shape index (κ3) is 6.33. The molecule has 10 heteroatoms. The zero-order valence-corrected chi connectivity index (χ0v) is 14.6. The van der Waals surface area contributed by atoms with Gasteiger partial charge in [-0.15, -0.1) is 0 Å². The Balaban J connectivity index is 1.73. The smallest absolute Gasteiger partial charge is 0.278 e. The molecule has 0 atom stereocenters. The van der Waals surface area contributed by atoms with Crippen molar-refractivity contribution < 1.29 is 19.3 Å². The summed E-state index contributed by atoms with van der Waals surface area (Å²) in [6, 6.07) is 14.3. The standard InChI is InChI=1S/C18H17N5O5/c24-16(11-20-18(26)13-6-2-1-3-7-13)19-12-17(25)22-21-10-14-8-4-5-9-15(14)23(27)28/h1-10H,11-12H2,(H,19,24)(H,20,26)(H,22,25)/b21-10-. The van der Waals surface area contributed by atoms with E-state index < -0.39 is 22.6 Å². The van der Waals surface area contributed by atoms with Crippen LogP contribution >= 0.6 is 0 Å². The Bertz CT molecular complexity index is 898. The largest absolute Gasteiger partial charge is 0.345 e. The molecule has 0 bridgehead atoms. The van der Waals surface area contributed by atoms with Crippen LogP contribution in [0.2, 0.25) is 0 Å². The highest BCUT2D eigenvalue weighted by molar-refractivity contribution is 5.96. The molecule has 3 N–H and O–H groups in total. The number of nitrogens with zero attached hydrogens (tertiary/aromatic N) is 2. The van der Waals surface area contributed by atoms with E-state index >= 15 is 0 Å². The van der Waals surface area contributed by atoms with E-state index in [-0.39, 0.29) is 24.3 Å². The maximum Gasteiger partial charge on any atom is 0.278 e. The molecule has 0 fully saturated rings. The highest BCUT2D eigenvalue weighted by Gasteiger charge is 2.11. The lowest BCUT2D eigenvalue weighted by molar-refractivity contribution is -0.385. The van der Waals surface area contributed by atoms with Crippen molar-refractivity contribution in [2.45, 2.75) is 0 Å². The normalized spacial score (nSPS) is 10.3. The average Bonchev–Trinajstić information content (AvgIpc) is 2.71. The van der Waals surface area contributed by atoms with Crippen LogP contribution in [-0.4, -0.2) is 41.9 Å². The first-order chi connectivity index (χ1) is 13.5. The van der Waals surface area contributed by atoms with Crippen LogP contribution in [0.15, 0.2) is 59.7 Å². The summed E-state index contributed by atoms with van der Waals surface area (Å²) >= 11 is 0. The van der Waals surface area contributed by atoms with Gasteiger partial charge in [-0.05, 0) is 18.2 Å². The maximum absolute atomic E-state index is 11.8. The van der Waals surface area contributed by atoms with E-state index in [1.165, 1.54) is 18.2 Å². The van der Waals surface area contributed by atoms with Gasteiger partial charge in [0.2, 0.25) is 5.91 Å². The van der Waals surface area contributed by atoms with Crippen LogP contribution < -0.4 is 16.1 Å². The van der Waals surface area contributed by atoms with Crippen LogP contribution in [0.25, 0.3) is 0 Å². The van der Waals surface area contributed by atoms with Crippen molar-refractivity contribution in [3.8, 4) is 0 Å². The van der Waals surface area contributed by atoms with Crippen LogP contribution in [0.4, 0.5) is 5.69 Å². The van der Waals surface area contributed by atoms with Crippen molar-refractivity contribution in [3.63, 3.8) is 0 Å². The van der Waals surface area contributed by atoms with Gasteiger partial charge in [-0.25, -0.2) is 5.43 Å². The number of hydrazone groups is 1. The Kier molecular flexibility index (Phi) is 7.34. The SMILES string of the molecule is O=C(CNC(=O)c1ccccc1)NCC(=O)N/N=C\c1ccccc1[N+](=O)[O-]. The molecule has 0 radical (unpaired) electrons. The quantitative estimate of drug-likeness (QED) is 0.347. The van der Waals surface area contributed by atoms with E-state index in [0.717, 1.165) is 6.21 Å². The first kappa shape index (κ1) is 20.2. The predicted molar refractivity (Wildman–Crippen MR) is 101 cm³/mol. The lowest BCUT2D eigenvalue weighted by Gasteiger charge is -2.06. The number of nitrogens with one attached hydrogen (secondary N) is 3. The summed E-state index contributed by atoms with van der Waals surface area (Å²) in [6.07, 6.45) is 1.14. The molecule has 2 aromatic rings. The minimum Gasteiger partial charge on any atom is -0.345 e. The number of nitro benzene ring substituents is 1. The third-order valence-corrected chi connectivity index (χ3v) is 3.42. The number of hydrogen-bond acceptors (Lipinski definition) is 6. The van der Waals surface area contributed by atoms with Crippen LogP contribution in [0.5, 0.6) is 0 Å². The van der Waals surface area contributed by atoms with E-state index in [2.05, 4.69) is 21.2 Å². The second-order valence-corrected chi connectivity index (χ2v) is 5.43. The lowest BCUT2D eigenvalue weighted by Crippen LogP contribution is -2.41. The second-order valence-electron chi connectivity index (χ2n) is 5.43. The second kappa shape index (κ2) is 10.2. The molecular weight excluding hydrogens is 366 g/mol. The van der Waals surface area contributed by atoms with Gasteiger partial charge < -0.3 is 10.6 Å². The molecule has 0 heterocycles. The maximum atomic E-state index is 11.8. The number of hydrogen-bond donors (Lipinski definition) is 3. The molecule has 0 saturated carbocycles. The molecule has 0 aliphatic carbocycles. The topological polar surface area (TPSA) is 143 Å². The first-order valence-corrected chi connectivity index (χ1v) is 8.12. The number of rotatable bonds is 8. The molecule has 2 rings (SSSR count). The molecule has 28 heavy (non-hydrogen) atoms. The molecule has 0 spiro atoms. The molecule has 0 aliphatic heterocycles. The Hall–Kier alpha value is -4.08. The van der Waals surface area contributed by atoms with Gasteiger partial charge in [-0.1, -0.05) is 30.3 Å². The summed E-state index contributed by atoms with van der Waals surface area (Å²) in [6.45, 7) is -0.658. The number of carbonyl (C=O) groups excluding carboxylic acids is 3. The molecule has 144 valence electrons. The summed E-state index contributed by atoms with van der Waals surface area (Å²) in [5, 5.41) is 19.2. The molecular formula is C18H17N5O5. The number of para-hydroxylation sites is 1. The van der Waals surface area contributed by atoms with Gasteiger partial charge in [0.25, 0.3) is 17.5 Å². The highest BCUT2D eigenvalue weighted by atomic mass is 16.6. The third-order valence-electron chi connectivity index (χ3n) is 3.42. The average molecular weight is 383 g/mol. The Morgan fingerprint density at radius 3 is 2.29 bits per heavy atom. The molecule has 0 aromatic heterocycles. The van der Waals surface area contributed by atoms with E-state index in [1.54, 1.807) is 36.4 Å². The molecule has 10 nitrogen and oxygen atoms in total. The van der Waals surface area contributed by atoms with E-state index in [4.69, 9.17) is 0 Å². The fourth-order valence-electron chi connectivity index (χ4n) is 2.07. The molecule has 2 aromatic carbocycles. The van der Waals surface area contributed by atoms with Crippen LogP contribution in [0.3, 0.4) is 0 Å². The molecule has 0 saturated heterocycles. The van der Waals surface area contributed by atoms with Gasteiger partial charge in [0.15, 0.2) is 0 Å². The number of nitro groups is 1. The Morgan fingerprint density at radius 1 is 0.929 bits per heavy atom. The predicted octanol–water partition coefficient (Wildman–Crippen LogP) is 0.591. The Labute approximate surface area is 159 Å². The van der Waals surface area contributed by atoms with Crippen molar-refractivity contribution in [1.29, 1.82) is 0 Å². The minimum atomic E-state index is -0.627.